The molecule has 1 aromatic heterocycles. The number of rotatable bonds is 8. The van der Waals surface area contributed by atoms with Crippen LogP contribution in [0.4, 0.5) is 0 Å². The highest BCUT2D eigenvalue weighted by Gasteiger charge is 2.26. The SMILES string of the molecule is O=C(/C=C/c1ccc(OCc2ccccc2)cc1)N1CCC(NS(=O)(=O)c2cccs2)CC1. The molecule has 4 rings (SSSR count). The predicted molar refractivity (Wildman–Crippen MR) is 130 cm³/mol. The number of carbonyl (C=O) groups is 1. The van der Waals surface area contributed by atoms with E-state index in [1.807, 2.05) is 54.6 Å². The maximum atomic E-state index is 12.6. The van der Waals surface area contributed by atoms with E-state index in [0.29, 0.717) is 36.7 Å². The van der Waals surface area contributed by atoms with Gasteiger partial charge in [-0.2, -0.15) is 0 Å². The van der Waals surface area contributed by atoms with Crippen molar-refractivity contribution in [3.05, 3.63) is 89.3 Å². The topological polar surface area (TPSA) is 75.7 Å². The minimum absolute atomic E-state index is 0.0704. The van der Waals surface area contributed by atoms with Crippen LogP contribution in [0.15, 0.2) is 82.4 Å². The molecule has 1 saturated heterocycles. The maximum absolute atomic E-state index is 12.6. The molecule has 2 aromatic carbocycles. The predicted octanol–water partition coefficient (Wildman–Crippen LogP) is 4.31. The third kappa shape index (κ3) is 6.54. The normalized spacial score (nSPS) is 15.1. The second-order valence-electron chi connectivity index (χ2n) is 7.83. The lowest BCUT2D eigenvalue weighted by Crippen LogP contribution is -2.46. The average Bonchev–Trinajstić information content (AvgIpc) is 3.39. The van der Waals surface area contributed by atoms with Gasteiger partial charge in [0.1, 0.15) is 16.6 Å². The van der Waals surface area contributed by atoms with Gasteiger partial charge in [0.2, 0.25) is 15.9 Å². The van der Waals surface area contributed by atoms with Crippen LogP contribution < -0.4 is 9.46 Å². The number of likely N-dealkylation sites (tertiary alicyclic amines) is 1. The summed E-state index contributed by atoms with van der Waals surface area (Å²) in [4.78, 5) is 14.3. The summed E-state index contributed by atoms with van der Waals surface area (Å²) in [6.45, 7) is 1.55. The molecule has 1 amide bonds. The second-order valence-corrected chi connectivity index (χ2v) is 10.7. The molecule has 0 bridgehead atoms. The van der Waals surface area contributed by atoms with Crippen LogP contribution in [0, 0.1) is 0 Å². The summed E-state index contributed by atoms with van der Waals surface area (Å²) in [6.07, 6.45) is 4.54. The van der Waals surface area contributed by atoms with Crippen molar-refractivity contribution in [2.75, 3.05) is 13.1 Å². The van der Waals surface area contributed by atoms with Crippen LogP contribution in [0.25, 0.3) is 6.08 Å². The van der Waals surface area contributed by atoms with E-state index in [1.165, 1.54) is 11.3 Å². The Balaban J connectivity index is 1.23. The van der Waals surface area contributed by atoms with Gasteiger partial charge in [-0.25, -0.2) is 13.1 Å². The van der Waals surface area contributed by atoms with E-state index < -0.39 is 10.0 Å². The van der Waals surface area contributed by atoms with Crippen molar-refractivity contribution in [3.8, 4) is 5.75 Å². The molecular formula is C25H26N2O4S2. The number of thiophene rings is 1. The number of benzene rings is 2. The largest absolute Gasteiger partial charge is 0.489 e. The van der Waals surface area contributed by atoms with Crippen LogP contribution in [0.2, 0.25) is 0 Å². The van der Waals surface area contributed by atoms with E-state index >= 15 is 0 Å². The smallest absolute Gasteiger partial charge is 0.250 e. The van der Waals surface area contributed by atoms with Crippen LogP contribution in [-0.2, 0) is 21.4 Å². The van der Waals surface area contributed by atoms with E-state index in [1.54, 1.807) is 34.6 Å². The number of piperidine rings is 1. The molecule has 172 valence electrons. The zero-order chi connectivity index (χ0) is 23.1. The summed E-state index contributed by atoms with van der Waals surface area (Å²) < 4.78 is 33.6. The monoisotopic (exact) mass is 482 g/mol. The first-order valence-electron chi connectivity index (χ1n) is 10.8. The molecule has 0 aliphatic carbocycles. The van der Waals surface area contributed by atoms with Gasteiger partial charge < -0.3 is 9.64 Å². The number of ether oxygens (including phenoxy) is 1. The summed E-state index contributed by atoms with van der Waals surface area (Å²) >= 11 is 1.20. The molecule has 1 aliphatic rings. The van der Waals surface area contributed by atoms with Crippen molar-refractivity contribution in [2.45, 2.75) is 29.7 Å². The molecule has 1 N–H and O–H groups in total. The van der Waals surface area contributed by atoms with Gasteiger partial charge in [-0.05, 0) is 53.6 Å². The Labute approximate surface area is 198 Å². The van der Waals surface area contributed by atoms with Crippen molar-refractivity contribution >= 4 is 33.3 Å². The summed E-state index contributed by atoms with van der Waals surface area (Å²) in [5.74, 6) is 0.702. The van der Waals surface area contributed by atoms with Crippen molar-refractivity contribution in [2.24, 2.45) is 0 Å². The molecule has 33 heavy (non-hydrogen) atoms. The summed E-state index contributed by atoms with van der Waals surface area (Å²) in [5, 5.41) is 1.74. The number of carbonyl (C=O) groups excluding carboxylic acids is 1. The number of nitrogens with one attached hydrogen (secondary N) is 1. The van der Waals surface area contributed by atoms with Gasteiger partial charge in [0.15, 0.2) is 0 Å². The zero-order valence-corrected chi connectivity index (χ0v) is 19.7. The minimum Gasteiger partial charge on any atom is -0.489 e. The average molecular weight is 483 g/mol. The Morgan fingerprint density at radius 3 is 2.42 bits per heavy atom. The first kappa shape index (κ1) is 23.2. The second kappa shape index (κ2) is 10.8. The third-order valence-corrected chi connectivity index (χ3v) is 8.35. The van der Waals surface area contributed by atoms with Crippen LogP contribution in [0.5, 0.6) is 5.75 Å². The number of amides is 1. The molecule has 3 aromatic rings. The number of hydrogen-bond acceptors (Lipinski definition) is 5. The molecule has 0 atom stereocenters. The van der Waals surface area contributed by atoms with Gasteiger partial charge in [0.05, 0.1) is 0 Å². The fraction of sp³-hybridized carbons (Fsp3) is 0.240. The van der Waals surface area contributed by atoms with Gasteiger partial charge in [-0.3, -0.25) is 4.79 Å². The highest BCUT2D eigenvalue weighted by Crippen LogP contribution is 2.19. The van der Waals surface area contributed by atoms with E-state index in [0.717, 1.165) is 16.9 Å². The molecule has 6 nitrogen and oxygen atoms in total. The van der Waals surface area contributed by atoms with Crippen molar-refractivity contribution in [1.82, 2.24) is 9.62 Å². The summed E-state index contributed by atoms with van der Waals surface area (Å²) in [5.41, 5.74) is 2.02. The highest BCUT2D eigenvalue weighted by molar-refractivity contribution is 7.91. The summed E-state index contributed by atoms with van der Waals surface area (Å²) in [7, 11) is -3.48. The fourth-order valence-corrected chi connectivity index (χ4v) is 5.92. The first-order chi connectivity index (χ1) is 16.0. The van der Waals surface area contributed by atoms with Crippen LogP contribution in [-0.4, -0.2) is 38.4 Å². The van der Waals surface area contributed by atoms with Gasteiger partial charge in [0.25, 0.3) is 0 Å². The van der Waals surface area contributed by atoms with Crippen LogP contribution in [0.3, 0.4) is 0 Å². The summed E-state index contributed by atoms with van der Waals surface area (Å²) in [6, 6.07) is 20.7. The Kier molecular flexibility index (Phi) is 7.59. The molecule has 0 unspecified atom stereocenters. The minimum atomic E-state index is -3.48. The standard InChI is InChI=1S/C25H26N2O4S2/c28-24(27-16-14-22(15-17-27)26-33(29,30)25-7-4-18-32-25)13-10-20-8-11-23(12-9-20)31-19-21-5-2-1-3-6-21/h1-13,18,22,26H,14-17,19H2/b13-10+. The number of sulfonamides is 1. The van der Waals surface area contributed by atoms with E-state index in [9.17, 15) is 13.2 Å². The maximum Gasteiger partial charge on any atom is 0.250 e. The van der Waals surface area contributed by atoms with Crippen molar-refractivity contribution in [1.29, 1.82) is 0 Å². The Morgan fingerprint density at radius 2 is 1.76 bits per heavy atom. The zero-order valence-electron chi connectivity index (χ0n) is 18.1. The van der Waals surface area contributed by atoms with E-state index in [-0.39, 0.29) is 11.9 Å². The molecule has 1 aliphatic heterocycles. The molecule has 8 heteroatoms. The third-order valence-electron chi connectivity index (χ3n) is 5.44. The lowest BCUT2D eigenvalue weighted by atomic mass is 10.1. The highest BCUT2D eigenvalue weighted by atomic mass is 32.2. The van der Waals surface area contributed by atoms with Crippen LogP contribution in [0.1, 0.15) is 24.0 Å². The quantitative estimate of drug-likeness (QED) is 0.486. The van der Waals surface area contributed by atoms with Gasteiger partial charge >= 0.3 is 0 Å². The Bertz CT molecular complexity index is 1170. The molecule has 0 spiro atoms. The number of hydrogen-bond donors (Lipinski definition) is 1. The van der Waals surface area contributed by atoms with Crippen molar-refractivity contribution < 1.29 is 17.9 Å². The molecule has 0 saturated carbocycles. The van der Waals surface area contributed by atoms with Gasteiger partial charge in [-0.1, -0.05) is 48.5 Å². The molecule has 1 fully saturated rings. The lowest BCUT2D eigenvalue weighted by Gasteiger charge is -2.31. The lowest BCUT2D eigenvalue weighted by molar-refractivity contribution is -0.126. The van der Waals surface area contributed by atoms with Crippen molar-refractivity contribution in [3.63, 3.8) is 0 Å². The van der Waals surface area contributed by atoms with E-state index in [2.05, 4.69) is 4.72 Å². The van der Waals surface area contributed by atoms with E-state index in [4.69, 9.17) is 4.74 Å². The van der Waals surface area contributed by atoms with Gasteiger partial charge in [0, 0.05) is 25.2 Å². The van der Waals surface area contributed by atoms with Crippen LogP contribution >= 0.6 is 11.3 Å². The first-order valence-corrected chi connectivity index (χ1v) is 13.2. The molecule has 2 heterocycles. The Morgan fingerprint density at radius 1 is 1.03 bits per heavy atom. The van der Waals surface area contributed by atoms with Gasteiger partial charge in [-0.15, -0.1) is 11.3 Å². The molecule has 0 radical (unpaired) electrons. The molecular weight excluding hydrogens is 456 g/mol. The Hall–Kier alpha value is -2.94. The number of nitrogens with zero attached hydrogens (tertiary/aromatic N) is 1. The fourth-order valence-electron chi connectivity index (χ4n) is 3.60.